The molecular formula is C22H26N4O3. The number of aromatic nitrogens is 2. The highest BCUT2D eigenvalue weighted by atomic mass is 16.5. The first-order valence-corrected chi connectivity index (χ1v) is 9.93. The van der Waals surface area contributed by atoms with E-state index in [1.54, 1.807) is 19.2 Å². The highest BCUT2D eigenvalue weighted by Crippen LogP contribution is 2.23. The summed E-state index contributed by atoms with van der Waals surface area (Å²) in [5.41, 5.74) is 2.43. The van der Waals surface area contributed by atoms with E-state index >= 15 is 0 Å². The standard InChI is InChI=1S/C22H26N4O3/c1-29-18-6-7-20-19(12-18)21(25-24-20)22(28)23-13-15-8-10-26(11-9-15)14-16-2-4-17(27)5-3-16/h2-7,12,15,27H,8-11,13-14H2,1H3,(H,23,28)(H,24,25). The third kappa shape index (κ3) is 4.51. The molecule has 1 aliphatic rings. The number of carbonyl (C=O) groups excluding carboxylic acids is 1. The Labute approximate surface area is 169 Å². The molecule has 0 aliphatic carbocycles. The molecule has 4 rings (SSSR count). The predicted octanol–water partition coefficient (Wildman–Crippen LogP) is 2.92. The number of nitrogens with zero attached hydrogens (tertiary/aromatic N) is 2. The number of H-pyrrole nitrogens is 1. The number of carbonyl (C=O) groups is 1. The molecule has 0 radical (unpaired) electrons. The summed E-state index contributed by atoms with van der Waals surface area (Å²) in [7, 11) is 1.61. The second kappa shape index (κ2) is 8.53. The Balaban J connectivity index is 1.28. The molecule has 2 heterocycles. The second-order valence-corrected chi connectivity index (χ2v) is 7.58. The molecule has 7 heteroatoms. The maximum absolute atomic E-state index is 12.6. The number of aromatic hydroxyl groups is 1. The quantitative estimate of drug-likeness (QED) is 0.598. The van der Waals surface area contributed by atoms with Gasteiger partial charge in [-0.2, -0.15) is 5.10 Å². The highest BCUT2D eigenvalue weighted by molar-refractivity contribution is 6.05. The average molecular weight is 394 g/mol. The number of rotatable bonds is 6. The van der Waals surface area contributed by atoms with Crippen LogP contribution in [0.25, 0.3) is 10.9 Å². The van der Waals surface area contributed by atoms with Crippen molar-refractivity contribution in [2.24, 2.45) is 5.92 Å². The molecule has 7 nitrogen and oxygen atoms in total. The van der Waals surface area contributed by atoms with E-state index in [4.69, 9.17) is 4.74 Å². The van der Waals surface area contributed by atoms with Gasteiger partial charge in [0, 0.05) is 18.5 Å². The number of phenolic OH excluding ortho intramolecular Hbond substituents is 1. The summed E-state index contributed by atoms with van der Waals surface area (Å²) in [6.07, 6.45) is 2.10. The number of hydrogen-bond acceptors (Lipinski definition) is 5. The molecule has 0 spiro atoms. The largest absolute Gasteiger partial charge is 0.508 e. The maximum atomic E-state index is 12.6. The fraction of sp³-hybridized carbons (Fsp3) is 0.364. The molecule has 0 saturated carbocycles. The van der Waals surface area contributed by atoms with E-state index in [9.17, 15) is 9.90 Å². The van der Waals surface area contributed by atoms with Crippen molar-refractivity contribution in [1.29, 1.82) is 0 Å². The molecule has 1 aliphatic heterocycles. The average Bonchev–Trinajstić information content (AvgIpc) is 3.18. The van der Waals surface area contributed by atoms with Crippen LogP contribution < -0.4 is 10.1 Å². The Morgan fingerprint density at radius 2 is 2.00 bits per heavy atom. The van der Waals surface area contributed by atoms with Gasteiger partial charge in [-0.1, -0.05) is 12.1 Å². The number of fused-ring (bicyclic) bond motifs is 1. The van der Waals surface area contributed by atoms with E-state index in [1.165, 1.54) is 5.56 Å². The van der Waals surface area contributed by atoms with Crippen LogP contribution in [0.5, 0.6) is 11.5 Å². The van der Waals surface area contributed by atoms with Crippen LogP contribution in [-0.4, -0.2) is 52.9 Å². The lowest BCUT2D eigenvalue weighted by Crippen LogP contribution is -2.38. The third-order valence-electron chi connectivity index (χ3n) is 5.59. The van der Waals surface area contributed by atoms with E-state index < -0.39 is 0 Å². The first-order chi connectivity index (χ1) is 14.1. The van der Waals surface area contributed by atoms with Gasteiger partial charge in [-0.25, -0.2) is 0 Å². The lowest BCUT2D eigenvalue weighted by Gasteiger charge is -2.32. The van der Waals surface area contributed by atoms with E-state index in [2.05, 4.69) is 20.4 Å². The molecule has 1 amide bonds. The topological polar surface area (TPSA) is 90.5 Å². The molecule has 1 fully saturated rings. The Morgan fingerprint density at radius 3 is 2.72 bits per heavy atom. The zero-order chi connectivity index (χ0) is 20.2. The summed E-state index contributed by atoms with van der Waals surface area (Å²) in [6.45, 7) is 3.55. The molecule has 3 aromatic rings. The van der Waals surface area contributed by atoms with Crippen molar-refractivity contribution in [2.45, 2.75) is 19.4 Å². The molecule has 2 aromatic carbocycles. The van der Waals surface area contributed by atoms with E-state index in [0.29, 0.717) is 29.7 Å². The van der Waals surface area contributed by atoms with Gasteiger partial charge in [-0.05, 0) is 67.7 Å². The first-order valence-electron chi connectivity index (χ1n) is 9.93. The third-order valence-corrected chi connectivity index (χ3v) is 5.59. The highest BCUT2D eigenvalue weighted by Gasteiger charge is 2.21. The smallest absolute Gasteiger partial charge is 0.272 e. The molecule has 0 bridgehead atoms. The van der Waals surface area contributed by atoms with Crippen LogP contribution in [-0.2, 0) is 6.54 Å². The Bertz CT molecular complexity index is 975. The zero-order valence-corrected chi connectivity index (χ0v) is 16.5. The lowest BCUT2D eigenvalue weighted by molar-refractivity contribution is 0.0932. The summed E-state index contributed by atoms with van der Waals surface area (Å²) in [4.78, 5) is 15.0. The molecule has 152 valence electrons. The molecule has 1 aromatic heterocycles. The van der Waals surface area contributed by atoms with Gasteiger partial charge in [-0.3, -0.25) is 14.8 Å². The molecular weight excluding hydrogens is 368 g/mol. The SMILES string of the molecule is COc1ccc2[nH]nc(C(=O)NCC3CCN(Cc4ccc(O)cc4)CC3)c2c1. The number of amides is 1. The number of hydrogen-bond donors (Lipinski definition) is 3. The van der Waals surface area contributed by atoms with Crippen molar-refractivity contribution in [3.05, 3.63) is 53.7 Å². The molecule has 29 heavy (non-hydrogen) atoms. The number of benzene rings is 2. The van der Waals surface area contributed by atoms with Gasteiger partial charge >= 0.3 is 0 Å². The summed E-state index contributed by atoms with van der Waals surface area (Å²) in [6, 6.07) is 12.9. The van der Waals surface area contributed by atoms with Crippen molar-refractivity contribution in [1.82, 2.24) is 20.4 Å². The molecule has 0 atom stereocenters. The predicted molar refractivity (Wildman–Crippen MR) is 111 cm³/mol. The van der Waals surface area contributed by atoms with Crippen LogP contribution in [0, 0.1) is 5.92 Å². The molecule has 3 N–H and O–H groups in total. The minimum Gasteiger partial charge on any atom is -0.508 e. The van der Waals surface area contributed by atoms with Crippen molar-refractivity contribution in [2.75, 3.05) is 26.7 Å². The number of phenols is 1. The van der Waals surface area contributed by atoms with Crippen molar-refractivity contribution < 1.29 is 14.6 Å². The minimum absolute atomic E-state index is 0.156. The van der Waals surface area contributed by atoms with E-state index in [0.717, 1.165) is 43.4 Å². The van der Waals surface area contributed by atoms with Crippen LogP contribution in [0.3, 0.4) is 0 Å². The van der Waals surface area contributed by atoms with Gasteiger partial charge in [0.15, 0.2) is 5.69 Å². The van der Waals surface area contributed by atoms with Crippen molar-refractivity contribution in [3.8, 4) is 11.5 Å². The molecule has 0 unspecified atom stereocenters. The first kappa shape index (κ1) is 19.3. The maximum Gasteiger partial charge on any atom is 0.272 e. The fourth-order valence-electron chi connectivity index (χ4n) is 3.82. The van der Waals surface area contributed by atoms with Gasteiger partial charge in [0.2, 0.25) is 0 Å². The van der Waals surface area contributed by atoms with Gasteiger partial charge in [-0.15, -0.1) is 0 Å². The van der Waals surface area contributed by atoms with Gasteiger partial charge in [0.05, 0.1) is 12.6 Å². The van der Waals surface area contributed by atoms with Crippen LogP contribution in [0.4, 0.5) is 0 Å². The van der Waals surface area contributed by atoms with Crippen LogP contribution in [0.1, 0.15) is 28.9 Å². The van der Waals surface area contributed by atoms with E-state index in [1.807, 2.05) is 30.3 Å². The van der Waals surface area contributed by atoms with Gasteiger partial charge < -0.3 is 15.2 Å². The Kier molecular flexibility index (Phi) is 5.67. The van der Waals surface area contributed by atoms with Gasteiger partial charge in [0.25, 0.3) is 5.91 Å². The van der Waals surface area contributed by atoms with E-state index in [-0.39, 0.29) is 5.91 Å². The zero-order valence-electron chi connectivity index (χ0n) is 16.5. The van der Waals surface area contributed by atoms with Gasteiger partial charge in [0.1, 0.15) is 11.5 Å². The van der Waals surface area contributed by atoms with Crippen LogP contribution >= 0.6 is 0 Å². The Hall–Kier alpha value is -3.06. The summed E-state index contributed by atoms with van der Waals surface area (Å²) in [5, 5.41) is 20.3. The van der Waals surface area contributed by atoms with Crippen LogP contribution in [0.15, 0.2) is 42.5 Å². The van der Waals surface area contributed by atoms with Crippen LogP contribution in [0.2, 0.25) is 0 Å². The number of ether oxygens (including phenoxy) is 1. The summed E-state index contributed by atoms with van der Waals surface area (Å²) in [5.74, 6) is 1.31. The Morgan fingerprint density at radius 1 is 1.24 bits per heavy atom. The fourth-order valence-corrected chi connectivity index (χ4v) is 3.82. The number of nitrogens with one attached hydrogen (secondary N) is 2. The van der Waals surface area contributed by atoms with Crippen molar-refractivity contribution in [3.63, 3.8) is 0 Å². The second-order valence-electron chi connectivity index (χ2n) is 7.58. The normalized spacial score (nSPS) is 15.5. The summed E-state index contributed by atoms with van der Waals surface area (Å²) < 4.78 is 5.25. The number of piperidine rings is 1. The monoisotopic (exact) mass is 394 g/mol. The lowest BCUT2D eigenvalue weighted by atomic mass is 9.96. The molecule has 1 saturated heterocycles. The summed E-state index contributed by atoms with van der Waals surface area (Å²) >= 11 is 0. The number of methoxy groups -OCH3 is 1. The minimum atomic E-state index is -0.156. The van der Waals surface area contributed by atoms with Crippen molar-refractivity contribution >= 4 is 16.8 Å². The number of likely N-dealkylation sites (tertiary alicyclic amines) is 1. The number of aromatic amines is 1.